The van der Waals surface area contributed by atoms with Crippen LogP contribution in [0.4, 0.5) is 5.69 Å². The number of nitrogens with one attached hydrogen (secondary N) is 1. The molecule has 0 aliphatic heterocycles. The van der Waals surface area contributed by atoms with Crippen LogP contribution in [0.1, 0.15) is 6.42 Å². The maximum absolute atomic E-state index is 11.7. The van der Waals surface area contributed by atoms with E-state index in [1.54, 1.807) is 37.0 Å². The van der Waals surface area contributed by atoms with Gasteiger partial charge < -0.3 is 4.90 Å². The number of hydrogen-bond acceptors (Lipinski definition) is 3. The van der Waals surface area contributed by atoms with Crippen LogP contribution < -0.4 is 5.32 Å². The van der Waals surface area contributed by atoms with Crippen LogP contribution in [0.25, 0.3) is 0 Å². The van der Waals surface area contributed by atoms with Gasteiger partial charge in [-0.3, -0.25) is 20.5 Å². The number of nitrogens with two attached hydrogens (primary N) is 1. The minimum absolute atomic E-state index is 0.189. The van der Waals surface area contributed by atoms with Crippen molar-refractivity contribution in [2.24, 2.45) is 0 Å². The second-order valence-corrected chi connectivity index (χ2v) is 4.47. The predicted molar refractivity (Wildman–Crippen MR) is 75.6 cm³/mol. The third-order valence-electron chi connectivity index (χ3n) is 2.39. The van der Waals surface area contributed by atoms with Gasteiger partial charge in [-0.25, -0.2) is 0 Å². The monoisotopic (exact) mass is 301 g/mol. The second-order valence-electron chi connectivity index (χ2n) is 3.71. The van der Waals surface area contributed by atoms with Gasteiger partial charge in [-0.2, -0.15) is 0 Å². The van der Waals surface area contributed by atoms with Crippen molar-refractivity contribution >= 4 is 40.0 Å². The number of carbonyl (C=O) groups is 1. The summed E-state index contributed by atoms with van der Waals surface area (Å²) in [6.07, 6.45) is 5.15. The fourth-order valence-electron chi connectivity index (χ4n) is 1.36. The molecular weight excluding hydrogens is 287 g/mol. The van der Waals surface area contributed by atoms with Crippen molar-refractivity contribution in [3.8, 4) is 0 Å². The van der Waals surface area contributed by atoms with Crippen molar-refractivity contribution in [1.82, 2.24) is 9.88 Å². The summed E-state index contributed by atoms with van der Waals surface area (Å²) in [5, 5.41) is 9.04. The number of quaternary nitrogens is 1. The van der Waals surface area contributed by atoms with E-state index in [0.29, 0.717) is 5.70 Å². The van der Waals surface area contributed by atoms with Gasteiger partial charge >= 0.3 is 0 Å². The Hall–Kier alpha value is -1.43. The maximum Gasteiger partial charge on any atom is 0.228 e. The second kappa shape index (κ2) is 7.89. The van der Waals surface area contributed by atoms with Gasteiger partial charge in [0.1, 0.15) is 17.1 Å². The number of aromatic nitrogens is 1. The molecule has 0 saturated carbocycles. The number of pyridine rings is 1. The molecule has 3 N–H and O–H groups in total. The van der Waals surface area contributed by atoms with E-state index in [1.165, 1.54) is 4.90 Å². The van der Waals surface area contributed by atoms with Crippen molar-refractivity contribution in [3.63, 3.8) is 0 Å². The molecule has 5 nitrogen and oxygen atoms in total. The van der Waals surface area contributed by atoms with Crippen LogP contribution in [0.5, 0.6) is 0 Å². The lowest BCUT2D eigenvalue weighted by Gasteiger charge is -2.17. The molecule has 0 fully saturated rings. The van der Waals surface area contributed by atoms with E-state index < -0.39 is 0 Å². The molecule has 0 spiro atoms. The van der Waals surface area contributed by atoms with E-state index in [9.17, 15) is 4.79 Å². The Kier molecular flexibility index (Phi) is 6.49. The lowest BCUT2D eigenvalue weighted by atomic mass is 10.3. The Labute approximate surface area is 121 Å². The van der Waals surface area contributed by atoms with E-state index in [1.807, 2.05) is 6.07 Å². The molecule has 0 radical (unpaired) electrons. The van der Waals surface area contributed by atoms with Crippen molar-refractivity contribution < 1.29 is 10.1 Å². The van der Waals surface area contributed by atoms with E-state index >= 15 is 0 Å². The molecule has 7 heteroatoms. The Morgan fingerprint density at radius 1 is 1.63 bits per heavy atom. The van der Waals surface area contributed by atoms with Gasteiger partial charge in [-0.05, 0) is 6.07 Å². The number of halogens is 2. The summed E-state index contributed by atoms with van der Waals surface area (Å²) < 4.78 is 0. The van der Waals surface area contributed by atoms with Crippen LogP contribution >= 0.6 is 23.2 Å². The molecule has 0 aliphatic rings. The number of amides is 1. The first-order valence-corrected chi connectivity index (χ1v) is 6.49. The lowest BCUT2D eigenvalue weighted by molar-refractivity contribution is -0.497. The average molecular weight is 302 g/mol. The van der Waals surface area contributed by atoms with Gasteiger partial charge in [-0.15, -0.1) is 11.6 Å². The molecule has 1 aromatic heterocycles. The summed E-state index contributed by atoms with van der Waals surface area (Å²) in [6, 6.07) is 3.66. The molecule has 102 valence electrons. The summed E-state index contributed by atoms with van der Waals surface area (Å²) in [5.41, 5.74) is 1.18. The van der Waals surface area contributed by atoms with Gasteiger partial charge in [0.2, 0.25) is 5.91 Å². The van der Waals surface area contributed by atoms with Crippen LogP contribution in [0, 0.1) is 5.41 Å². The molecule has 19 heavy (non-hydrogen) atoms. The highest BCUT2D eigenvalue weighted by Crippen LogP contribution is 2.07. The molecular formula is C12H15Cl2N4O+. The number of allylic oxidation sites excluding steroid dienone is 1. The number of nitrogens with zero attached hydrogens (tertiary/aromatic N) is 2. The molecule has 1 heterocycles. The molecule has 0 aromatic carbocycles. The smallest absolute Gasteiger partial charge is 0.228 e. The normalized spacial score (nSPS) is 11.2. The van der Waals surface area contributed by atoms with Gasteiger partial charge in [0.25, 0.3) is 0 Å². The van der Waals surface area contributed by atoms with Crippen LogP contribution in [0.15, 0.2) is 36.4 Å². The van der Waals surface area contributed by atoms with E-state index in [4.69, 9.17) is 28.6 Å². The van der Waals surface area contributed by atoms with Crippen molar-refractivity contribution in [2.75, 3.05) is 12.9 Å². The minimum Gasteiger partial charge on any atom is -0.308 e. The summed E-state index contributed by atoms with van der Waals surface area (Å²) in [7, 11) is 1.56. The Bertz CT molecular complexity index is 476. The average Bonchev–Trinajstić information content (AvgIpc) is 2.39. The fraction of sp³-hybridized carbons (Fsp3) is 0.250. The molecule has 1 rings (SSSR count). The Morgan fingerprint density at radius 3 is 2.89 bits per heavy atom. The number of alkyl halides is 1. The molecule has 0 bridgehead atoms. The topological polar surface area (TPSA) is 73.7 Å². The van der Waals surface area contributed by atoms with Gasteiger partial charge in [0.05, 0.1) is 6.20 Å². The fourth-order valence-corrected chi connectivity index (χ4v) is 1.72. The Balaban J connectivity index is 2.83. The van der Waals surface area contributed by atoms with Crippen molar-refractivity contribution in [1.29, 1.82) is 5.41 Å². The van der Waals surface area contributed by atoms with Crippen LogP contribution in [-0.2, 0) is 4.79 Å². The van der Waals surface area contributed by atoms with Gasteiger partial charge in [-0.1, -0.05) is 11.6 Å². The zero-order valence-electron chi connectivity index (χ0n) is 10.4. The molecule has 0 saturated heterocycles. The third-order valence-corrected chi connectivity index (χ3v) is 2.77. The highest BCUT2D eigenvalue weighted by molar-refractivity contribution is 6.68. The van der Waals surface area contributed by atoms with E-state index in [2.05, 4.69) is 4.98 Å². The maximum atomic E-state index is 11.7. The molecule has 1 amide bonds. The number of carbonyl (C=O) groups excluding carboxylic acids is 1. The first-order valence-electron chi connectivity index (χ1n) is 5.58. The molecule has 0 unspecified atom stereocenters. The van der Waals surface area contributed by atoms with Crippen molar-refractivity contribution in [2.45, 2.75) is 6.42 Å². The van der Waals surface area contributed by atoms with Gasteiger partial charge in [0.15, 0.2) is 5.69 Å². The Morgan fingerprint density at radius 2 is 2.37 bits per heavy atom. The summed E-state index contributed by atoms with van der Waals surface area (Å²) in [5.74, 6) is 0.0458. The first kappa shape index (κ1) is 15.6. The van der Waals surface area contributed by atoms with Crippen LogP contribution in [0.3, 0.4) is 0 Å². The molecule has 0 aliphatic carbocycles. The van der Waals surface area contributed by atoms with Crippen LogP contribution in [-0.4, -0.2) is 33.9 Å². The summed E-state index contributed by atoms with van der Waals surface area (Å²) in [6.45, 7) is 0. The van der Waals surface area contributed by atoms with Crippen LogP contribution in [0.2, 0.25) is 0 Å². The SMILES string of the molecule is CN(C(=O)CCCl)/C(=C/[NH2+]c1cccnc1)C(=N)Cl. The zero-order valence-corrected chi connectivity index (χ0v) is 11.9. The first-order chi connectivity index (χ1) is 9.06. The van der Waals surface area contributed by atoms with Gasteiger partial charge in [0, 0.05) is 31.6 Å². The van der Waals surface area contributed by atoms with E-state index in [-0.39, 0.29) is 23.4 Å². The highest BCUT2D eigenvalue weighted by atomic mass is 35.5. The minimum atomic E-state index is -0.203. The highest BCUT2D eigenvalue weighted by Gasteiger charge is 2.17. The number of hydrogen-bond donors (Lipinski definition) is 2. The third kappa shape index (κ3) is 4.98. The zero-order chi connectivity index (χ0) is 14.3. The number of rotatable bonds is 6. The lowest BCUT2D eigenvalue weighted by Crippen LogP contribution is -2.71. The summed E-state index contributed by atoms with van der Waals surface area (Å²) in [4.78, 5) is 17.0. The largest absolute Gasteiger partial charge is 0.308 e. The van der Waals surface area contributed by atoms with E-state index in [0.717, 1.165) is 5.69 Å². The quantitative estimate of drug-likeness (QED) is 0.616. The standard InChI is InChI=1S/C12H14Cl2N4O/c1-18(11(19)4-5-13)10(12(14)15)8-17-9-3-2-6-16-7-9/h2-3,6-8,15,17H,4-5H2,1H3/p+1/b10-8+,15-12?. The van der Waals surface area contributed by atoms with Crippen molar-refractivity contribution in [3.05, 3.63) is 36.4 Å². The summed E-state index contributed by atoms with van der Waals surface area (Å²) >= 11 is 11.2. The molecule has 0 atom stereocenters. The predicted octanol–water partition coefficient (Wildman–Crippen LogP) is 1.42. The molecule has 1 aromatic rings.